The van der Waals surface area contributed by atoms with E-state index in [1.165, 1.54) is 36.8 Å². The quantitative estimate of drug-likeness (QED) is 0.717. The van der Waals surface area contributed by atoms with Crippen LogP contribution in [0.15, 0.2) is 24.3 Å². The molecule has 1 aromatic carbocycles. The lowest BCUT2D eigenvalue weighted by Crippen LogP contribution is -2.41. The van der Waals surface area contributed by atoms with Crippen molar-refractivity contribution in [3.63, 3.8) is 0 Å². The number of nitrogens with zero attached hydrogens (tertiary/aromatic N) is 1. The number of rotatable bonds is 4. The molecule has 124 valence electrons. The van der Waals surface area contributed by atoms with Gasteiger partial charge in [-0.2, -0.15) is 0 Å². The second-order valence-corrected chi connectivity index (χ2v) is 8.58. The summed E-state index contributed by atoms with van der Waals surface area (Å²) in [5.74, 6) is 0.935. The average Bonchev–Trinajstić information content (AvgIpc) is 2.47. The second-order valence-electron chi connectivity index (χ2n) is 8.58. The van der Waals surface area contributed by atoms with E-state index in [9.17, 15) is 0 Å². The standard InChI is InChI=1S/C21H35N/c1-16-7-13-20(14-8-16)22(6)17(2)15-18-9-11-19(12-10-18)21(3,4)5/h9-12,16-17,20H,7-8,13-15H2,1-6H3. The molecule has 1 aliphatic rings. The van der Waals surface area contributed by atoms with Gasteiger partial charge in [0.15, 0.2) is 0 Å². The summed E-state index contributed by atoms with van der Waals surface area (Å²) in [5, 5.41) is 0. The van der Waals surface area contributed by atoms with Crippen LogP contribution in [-0.2, 0) is 11.8 Å². The Kier molecular flexibility index (Phi) is 5.71. The van der Waals surface area contributed by atoms with Gasteiger partial charge in [-0.25, -0.2) is 0 Å². The Morgan fingerprint density at radius 3 is 2.09 bits per heavy atom. The van der Waals surface area contributed by atoms with Crippen molar-refractivity contribution in [2.24, 2.45) is 5.92 Å². The van der Waals surface area contributed by atoms with E-state index >= 15 is 0 Å². The van der Waals surface area contributed by atoms with Crippen LogP contribution in [-0.4, -0.2) is 24.0 Å². The third kappa shape index (κ3) is 4.59. The lowest BCUT2D eigenvalue weighted by Gasteiger charge is -2.37. The van der Waals surface area contributed by atoms with Crippen molar-refractivity contribution in [2.45, 2.75) is 84.2 Å². The van der Waals surface area contributed by atoms with E-state index in [1.807, 2.05) is 0 Å². The fourth-order valence-corrected chi connectivity index (χ4v) is 3.64. The Morgan fingerprint density at radius 1 is 1.05 bits per heavy atom. The number of hydrogen-bond acceptors (Lipinski definition) is 1. The molecule has 1 aromatic rings. The van der Waals surface area contributed by atoms with Crippen molar-refractivity contribution < 1.29 is 0 Å². The second kappa shape index (κ2) is 7.17. The Hall–Kier alpha value is -0.820. The molecule has 0 bridgehead atoms. The molecule has 0 spiro atoms. The minimum atomic E-state index is 0.250. The Balaban J connectivity index is 1.92. The van der Waals surface area contributed by atoms with Gasteiger partial charge in [-0.05, 0) is 68.5 Å². The minimum absolute atomic E-state index is 0.250. The largest absolute Gasteiger partial charge is 0.300 e. The molecule has 1 nitrogen and oxygen atoms in total. The van der Waals surface area contributed by atoms with Crippen LogP contribution in [0.4, 0.5) is 0 Å². The number of likely N-dealkylation sites (N-methyl/N-ethyl adjacent to an activating group) is 1. The highest BCUT2D eigenvalue weighted by atomic mass is 15.2. The van der Waals surface area contributed by atoms with Gasteiger partial charge >= 0.3 is 0 Å². The topological polar surface area (TPSA) is 3.24 Å². The Bertz CT molecular complexity index is 446. The molecule has 2 rings (SSSR count). The molecule has 0 aliphatic heterocycles. The minimum Gasteiger partial charge on any atom is -0.300 e. The highest BCUT2D eigenvalue weighted by Gasteiger charge is 2.24. The van der Waals surface area contributed by atoms with Gasteiger partial charge in [0.05, 0.1) is 0 Å². The zero-order chi connectivity index (χ0) is 16.3. The summed E-state index contributed by atoms with van der Waals surface area (Å²) in [6.07, 6.45) is 6.73. The van der Waals surface area contributed by atoms with Crippen LogP contribution in [0.25, 0.3) is 0 Å². The lowest BCUT2D eigenvalue weighted by molar-refractivity contribution is 0.131. The van der Waals surface area contributed by atoms with Crippen molar-refractivity contribution in [3.05, 3.63) is 35.4 Å². The first-order chi connectivity index (χ1) is 10.3. The van der Waals surface area contributed by atoms with Crippen LogP contribution in [0.2, 0.25) is 0 Å². The SMILES string of the molecule is CC1CCC(N(C)C(C)Cc2ccc(C(C)(C)C)cc2)CC1. The van der Waals surface area contributed by atoms with Crippen LogP contribution >= 0.6 is 0 Å². The molecular weight excluding hydrogens is 266 g/mol. The van der Waals surface area contributed by atoms with E-state index in [1.54, 1.807) is 0 Å². The number of benzene rings is 1. The molecule has 1 heteroatoms. The van der Waals surface area contributed by atoms with Crippen LogP contribution in [0.5, 0.6) is 0 Å². The molecular formula is C21H35N. The smallest absolute Gasteiger partial charge is 0.0107 e. The van der Waals surface area contributed by atoms with E-state index in [-0.39, 0.29) is 5.41 Å². The Labute approximate surface area is 138 Å². The van der Waals surface area contributed by atoms with Crippen molar-refractivity contribution in [1.29, 1.82) is 0 Å². The van der Waals surface area contributed by atoms with Gasteiger partial charge in [0.25, 0.3) is 0 Å². The van der Waals surface area contributed by atoms with Crippen LogP contribution < -0.4 is 0 Å². The van der Waals surface area contributed by atoms with E-state index in [0.29, 0.717) is 6.04 Å². The van der Waals surface area contributed by atoms with Gasteiger partial charge in [-0.1, -0.05) is 52.0 Å². The summed E-state index contributed by atoms with van der Waals surface area (Å²) in [6.45, 7) is 11.6. The molecule has 1 unspecified atom stereocenters. The maximum Gasteiger partial charge on any atom is 0.0107 e. The molecule has 0 heterocycles. The highest BCUT2D eigenvalue weighted by Crippen LogP contribution is 2.28. The van der Waals surface area contributed by atoms with Gasteiger partial charge in [0.2, 0.25) is 0 Å². The molecule has 0 saturated heterocycles. The van der Waals surface area contributed by atoms with Crippen LogP contribution in [0.3, 0.4) is 0 Å². The highest BCUT2D eigenvalue weighted by molar-refractivity contribution is 5.27. The van der Waals surface area contributed by atoms with E-state index < -0.39 is 0 Å². The fraction of sp³-hybridized carbons (Fsp3) is 0.714. The van der Waals surface area contributed by atoms with Gasteiger partial charge in [-0.3, -0.25) is 0 Å². The average molecular weight is 302 g/mol. The molecule has 22 heavy (non-hydrogen) atoms. The molecule has 1 atom stereocenters. The third-order valence-electron chi connectivity index (χ3n) is 5.61. The van der Waals surface area contributed by atoms with Crippen molar-refractivity contribution >= 4 is 0 Å². The summed E-state index contributed by atoms with van der Waals surface area (Å²) >= 11 is 0. The molecule has 0 aromatic heterocycles. The first-order valence-corrected chi connectivity index (χ1v) is 9.08. The zero-order valence-electron chi connectivity index (χ0n) is 15.5. The lowest BCUT2D eigenvalue weighted by atomic mass is 9.85. The summed E-state index contributed by atoms with van der Waals surface area (Å²) in [6, 6.07) is 10.7. The number of hydrogen-bond donors (Lipinski definition) is 0. The monoisotopic (exact) mass is 301 g/mol. The fourth-order valence-electron chi connectivity index (χ4n) is 3.64. The molecule has 1 saturated carbocycles. The van der Waals surface area contributed by atoms with E-state index in [0.717, 1.165) is 18.4 Å². The van der Waals surface area contributed by atoms with E-state index in [2.05, 4.69) is 70.8 Å². The normalized spacial score (nSPS) is 24.5. The molecule has 0 amide bonds. The summed E-state index contributed by atoms with van der Waals surface area (Å²) < 4.78 is 0. The van der Waals surface area contributed by atoms with Gasteiger partial charge in [0, 0.05) is 12.1 Å². The van der Waals surface area contributed by atoms with Crippen LogP contribution in [0, 0.1) is 5.92 Å². The Morgan fingerprint density at radius 2 is 1.59 bits per heavy atom. The molecule has 0 N–H and O–H groups in total. The molecule has 1 aliphatic carbocycles. The van der Waals surface area contributed by atoms with Crippen molar-refractivity contribution in [2.75, 3.05) is 7.05 Å². The summed E-state index contributed by atoms with van der Waals surface area (Å²) in [4.78, 5) is 2.63. The van der Waals surface area contributed by atoms with Crippen molar-refractivity contribution in [1.82, 2.24) is 4.90 Å². The van der Waals surface area contributed by atoms with Gasteiger partial charge in [-0.15, -0.1) is 0 Å². The van der Waals surface area contributed by atoms with Crippen LogP contribution in [0.1, 0.15) is 71.4 Å². The third-order valence-corrected chi connectivity index (χ3v) is 5.61. The summed E-state index contributed by atoms with van der Waals surface area (Å²) in [7, 11) is 2.33. The predicted molar refractivity (Wildman–Crippen MR) is 97.5 cm³/mol. The van der Waals surface area contributed by atoms with E-state index in [4.69, 9.17) is 0 Å². The predicted octanol–water partition coefficient (Wildman–Crippen LogP) is 5.43. The van der Waals surface area contributed by atoms with Gasteiger partial charge < -0.3 is 4.90 Å². The maximum atomic E-state index is 2.63. The zero-order valence-corrected chi connectivity index (χ0v) is 15.5. The maximum absolute atomic E-state index is 2.63. The first-order valence-electron chi connectivity index (χ1n) is 9.08. The summed E-state index contributed by atoms with van der Waals surface area (Å²) in [5.41, 5.74) is 3.15. The molecule has 0 radical (unpaired) electrons. The molecule has 1 fully saturated rings. The van der Waals surface area contributed by atoms with Crippen molar-refractivity contribution in [3.8, 4) is 0 Å². The van der Waals surface area contributed by atoms with Gasteiger partial charge in [0.1, 0.15) is 0 Å². The first kappa shape index (κ1) is 17.5.